The summed E-state index contributed by atoms with van der Waals surface area (Å²) in [6, 6.07) is 20.8. The molecule has 2 atom stereocenters. The summed E-state index contributed by atoms with van der Waals surface area (Å²) >= 11 is 18.9. The van der Waals surface area contributed by atoms with Gasteiger partial charge in [-0.2, -0.15) is 0 Å². The maximum Gasteiger partial charge on any atom is 0.250 e. The maximum absolute atomic E-state index is 12.0. The van der Waals surface area contributed by atoms with Crippen LogP contribution in [0.4, 0.5) is 11.4 Å². The Kier molecular flexibility index (Phi) is 7.91. The van der Waals surface area contributed by atoms with Gasteiger partial charge in [0.15, 0.2) is 5.11 Å². The van der Waals surface area contributed by atoms with Gasteiger partial charge in [0.05, 0.1) is 33.5 Å². The number of thiocarbonyl (C=S) groups is 1. The largest absolute Gasteiger partial charge is 0.375 e. The predicted octanol–water partition coefficient (Wildman–Crippen LogP) is 6.56. The number of benzene rings is 2. The summed E-state index contributed by atoms with van der Waals surface area (Å²) in [6.45, 7) is 4.11. The van der Waals surface area contributed by atoms with E-state index in [1.165, 1.54) is 7.11 Å². The van der Waals surface area contributed by atoms with E-state index in [0.29, 0.717) is 20.8 Å². The van der Waals surface area contributed by atoms with Gasteiger partial charge in [-0.25, -0.2) is 0 Å². The molecule has 0 spiro atoms. The number of pyridine rings is 1. The average molecular weight is 581 g/mol. The fourth-order valence-electron chi connectivity index (χ4n) is 5.11. The van der Waals surface area contributed by atoms with Gasteiger partial charge >= 0.3 is 0 Å². The summed E-state index contributed by atoms with van der Waals surface area (Å²) < 4.78 is 7.03. The Hall–Kier alpha value is -3.43. The van der Waals surface area contributed by atoms with Gasteiger partial charge in [0, 0.05) is 36.1 Å². The number of nitrogens with zero attached hydrogens (tertiary/aromatic N) is 3. The van der Waals surface area contributed by atoms with Crippen molar-refractivity contribution in [2.24, 2.45) is 0 Å². The zero-order valence-electron chi connectivity index (χ0n) is 21.6. The van der Waals surface area contributed by atoms with E-state index in [1.807, 2.05) is 61.5 Å². The molecule has 2 aromatic heterocycles. The van der Waals surface area contributed by atoms with Crippen LogP contribution < -0.4 is 15.5 Å². The average Bonchev–Trinajstić information content (AvgIpc) is 3.42. The van der Waals surface area contributed by atoms with E-state index >= 15 is 0 Å². The van der Waals surface area contributed by atoms with Gasteiger partial charge in [-0.1, -0.05) is 35.3 Å². The van der Waals surface area contributed by atoms with E-state index in [2.05, 4.69) is 38.1 Å². The zero-order chi connectivity index (χ0) is 27.7. The second-order valence-corrected chi connectivity index (χ2v) is 10.4. The van der Waals surface area contributed by atoms with Crippen LogP contribution >= 0.6 is 35.4 Å². The highest BCUT2D eigenvalue weighted by Crippen LogP contribution is 2.44. The third-order valence-corrected chi connectivity index (χ3v) is 7.89. The molecular weight excluding hydrogens is 553 g/mol. The van der Waals surface area contributed by atoms with E-state index in [-0.39, 0.29) is 24.6 Å². The number of methoxy groups -OCH3 is 1. The van der Waals surface area contributed by atoms with Gasteiger partial charge in [0.1, 0.15) is 6.61 Å². The van der Waals surface area contributed by atoms with Crippen molar-refractivity contribution in [1.29, 1.82) is 0 Å². The molecule has 1 saturated heterocycles. The van der Waals surface area contributed by atoms with E-state index in [9.17, 15) is 4.79 Å². The molecule has 1 aliphatic heterocycles. The van der Waals surface area contributed by atoms with Crippen LogP contribution in [0.2, 0.25) is 10.0 Å². The van der Waals surface area contributed by atoms with E-state index < -0.39 is 0 Å². The standard InChI is InChI=1S/C29H27Cl2N5O2S/c1-17-15-21(18(2)35(17)24-9-6-7-22(30)26(24)31)28-27(23-8-4-5-14-32-23)34-29(39)36(28)20-12-10-19(11-13-20)33-25(37)16-38-3/h4-15,27-28H,16H2,1-3H3,(H,33,37)(H,34,39)/t27-,28+/m1/s1. The molecule has 0 saturated carbocycles. The van der Waals surface area contributed by atoms with Crippen LogP contribution in [0.1, 0.15) is 34.7 Å². The van der Waals surface area contributed by atoms with Crippen LogP contribution in [0, 0.1) is 13.8 Å². The number of hydrogen-bond acceptors (Lipinski definition) is 4. The van der Waals surface area contributed by atoms with Crippen molar-refractivity contribution in [3.05, 3.63) is 106 Å². The van der Waals surface area contributed by atoms with Crippen molar-refractivity contribution in [3.8, 4) is 5.69 Å². The lowest BCUT2D eigenvalue weighted by molar-refractivity contribution is -0.119. The predicted molar refractivity (Wildman–Crippen MR) is 160 cm³/mol. The number of aromatic nitrogens is 2. The van der Waals surface area contributed by atoms with Crippen molar-refractivity contribution < 1.29 is 9.53 Å². The van der Waals surface area contributed by atoms with Crippen LogP contribution in [-0.2, 0) is 9.53 Å². The SMILES string of the molecule is COCC(=O)Nc1ccc(N2C(=S)N[C@H](c3ccccn3)[C@@H]2c2cc(C)n(-c3cccc(Cl)c3Cl)c2C)cc1. The lowest BCUT2D eigenvalue weighted by atomic mass is 9.96. The zero-order valence-corrected chi connectivity index (χ0v) is 23.9. The molecule has 2 N–H and O–H groups in total. The van der Waals surface area contributed by atoms with E-state index in [0.717, 1.165) is 34.0 Å². The molecule has 1 amide bonds. The molecule has 39 heavy (non-hydrogen) atoms. The third kappa shape index (κ3) is 5.25. The number of anilines is 2. The van der Waals surface area contributed by atoms with Gasteiger partial charge in [0.2, 0.25) is 5.91 Å². The number of aryl methyl sites for hydroxylation is 1. The number of rotatable bonds is 7. The normalized spacial score (nSPS) is 16.8. The number of hydrogen-bond donors (Lipinski definition) is 2. The summed E-state index contributed by atoms with van der Waals surface area (Å²) in [5.41, 5.74) is 6.35. The van der Waals surface area contributed by atoms with Crippen LogP contribution in [0.3, 0.4) is 0 Å². The minimum absolute atomic E-state index is 0.0119. The highest BCUT2D eigenvalue weighted by Gasteiger charge is 2.42. The first-order chi connectivity index (χ1) is 18.8. The molecule has 1 fully saturated rings. The highest BCUT2D eigenvalue weighted by atomic mass is 35.5. The lowest BCUT2D eigenvalue weighted by Gasteiger charge is -2.28. The fourth-order valence-corrected chi connectivity index (χ4v) is 5.83. The number of nitrogens with one attached hydrogen (secondary N) is 2. The number of ether oxygens (including phenoxy) is 1. The van der Waals surface area contributed by atoms with E-state index in [1.54, 1.807) is 12.3 Å². The van der Waals surface area contributed by atoms with Crippen molar-refractivity contribution in [1.82, 2.24) is 14.9 Å². The van der Waals surface area contributed by atoms with Crippen LogP contribution in [-0.4, -0.2) is 34.3 Å². The maximum atomic E-state index is 12.0. The number of carbonyl (C=O) groups is 1. The Morgan fingerprint density at radius 3 is 2.56 bits per heavy atom. The molecule has 0 radical (unpaired) electrons. The molecule has 2 aromatic carbocycles. The van der Waals surface area contributed by atoms with Crippen molar-refractivity contribution in [2.75, 3.05) is 23.9 Å². The minimum atomic E-state index is -0.219. The van der Waals surface area contributed by atoms with Gasteiger partial charge in [0.25, 0.3) is 0 Å². The Bertz CT molecular complexity index is 1520. The summed E-state index contributed by atoms with van der Waals surface area (Å²) in [5.74, 6) is -0.219. The number of amides is 1. The number of halogens is 2. The molecule has 0 unspecified atom stereocenters. The van der Waals surface area contributed by atoms with Crippen LogP contribution in [0.15, 0.2) is 72.9 Å². The van der Waals surface area contributed by atoms with Gasteiger partial charge in [-0.05, 0) is 86.2 Å². The molecular formula is C29H27Cl2N5O2S. The Labute approximate surface area is 242 Å². The molecule has 3 heterocycles. The molecule has 0 aliphatic carbocycles. The first-order valence-electron chi connectivity index (χ1n) is 12.3. The highest BCUT2D eigenvalue weighted by molar-refractivity contribution is 7.80. The van der Waals surface area contributed by atoms with Crippen LogP contribution in [0.5, 0.6) is 0 Å². The molecule has 4 aromatic rings. The molecule has 10 heteroatoms. The number of carbonyl (C=O) groups excluding carboxylic acids is 1. The second-order valence-electron chi connectivity index (χ2n) is 9.26. The van der Waals surface area contributed by atoms with Gasteiger partial charge in [-0.15, -0.1) is 0 Å². The van der Waals surface area contributed by atoms with Crippen molar-refractivity contribution in [3.63, 3.8) is 0 Å². The molecule has 1 aliphatic rings. The first-order valence-corrected chi connectivity index (χ1v) is 13.5. The summed E-state index contributed by atoms with van der Waals surface area (Å²) in [4.78, 5) is 18.7. The summed E-state index contributed by atoms with van der Waals surface area (Å²) in [7, 11) is 1.49. The fraction of sp³-hybridized carbons (Fsp3) is 0.207. The Balaban J connectivity index is 1.60. The molecule has 0 bridgehead atoms. The topological polar surface area (TPSA) is 71.4 Å². The molecule has 200 valence electrons. The van der Waals surface area contributed by atoms with Gasteiger partial charge < -0.3 is 24.8 Å². The second kappa shape index (κ2) is 11.4. The van der Waals surface area contributed by atoms with Crippen molar-refractivity contribution in [2.45, 2.75) is 25.9 Å². The molecule has 7 nitrogen and oxygen atoms in total. The Morgan fingerprint density at radius 1 is 1.10 bits per heavy atom. The van der Waals surface area contributed by atoms with E-state index in [4.69, 9.17) is 40.2 Å². The minimum Gasteiger partial charge on any atom is -0.375 e. The van der Waals surface area contributed by atoms with Gasteiger partial charge in [-0.3, -0.25) is 9.78 Å². The third-order valence-electron chi connectivity index (χ3n) is 6.76. The Morgan fingerprint density at radius 2 is 1.87 bits per heavy atom. The van der Waals surface area contributed by atoms with Crippen molar-refractivity contribution >= 4 is 57.8 Å². The lowest BCUT2D eigenvalue weighted by Crippen LogP contribution is -2.29. The quantitative estimate of drug-likeness (QED) is 0.242. The molecule has 5 rings (SSSR count). The van der Waals surface area contributed by atoms with Crippen LogP contribution in [0.25, 0.3) is 5.69 Å². The summed E-state index contributed by atoms with van der Waals surface area (Å²) in [5, 5.41) is 7.90. The summed E-state index contributed by atoms with van der Waals surface area (Å²) in [6.07, 6.45) is 1.78. The first kappa shape index (κ1) is 27.1. The monoisotopic (exact) mass is 579 g/mol. The smallest absolute Gasteiger partial charge is 0.250 e.